The molecule has 0 aromatic carbocycles. The van der Waals surface area contributed by atoms with Gasteiger partial charge < -0.3 is 5.32 Å². The van der Waals surface area contributed by atoms with Crippen molar-refractivity contribution in [1.29, 1.82) is 0 Å². The molecule has 0 saturated carbocycles. The van der Waals surface area contributed by atoms with Crippen molar-refractivity contribution in [2.24, 2.45) is 5.92 Å². The Kier molecular flexibility index (Phi) is 4.91. The molecule has 3 heterocycles. The highest BCUT2D eigenvalue weighted by atomic mass is 16.1. The lowest BCUT2D eigenvalue weighted by molar-refractivity contribution is -0.115. The zero-order valence-electron chi connectivity index (χ0n) is 12.3. The third-order valence-electron chi connectivity index (χ3n) is 5.19. The Labute approximate surface area is 122 Å². The first-order valence-corrected chi connectivity index (χ1v) is 8.13. The second-order valence-corrected chi connectivity index (χ2v) is 6.30. The van der Waals surface area contributed by atoms with E-state index in [0.717, 1.165) is 32.6 Å². The van der Waals surface area contributed by atoms with E-state index in [0.29, 0.717) is 18.0 Å². The van der Waals surface area contributed by atoms with Crippen LogP contribution < -0.4 is 10.7 Å². The summed E-state index contributed by atoms with van der Waals surface area (Å²) in [7, 11) is 0. The smallest absolute Gasteiger partial charge is 0.221 e. The number of likely N-dealkylation sites (tertiary alicyclic amines) is 1. The minimum Gasteiger partial charge on any atom is -0.317 e. The van der Waals surface area contributed by atoms with Crippen LogP contribution in [0.4, 0.5) is 0 Å². The highest BCUT2D eigenvalue weighted by Gasteiger charge is 2.42. The number of nitrogens with one attached hydrogen (secondary N) is 2. The SMILES string of the molecule is O=CNN1CCC(N2C[CH]CCC2)C1C1CCNCC1. The van der Waals surface area contributed by atoms with Gasteiger partial charge in [-0.25, -0.2) is 5.01 Å². The van der Waals surface area contributed by atoms with E-state index in [1.807, 2.05) is 0 Å². The van der Waals surface area contributed by atoms with Gasteiger partial charge >= 0.3 is 0 Å². The van der Waals surface area contributed by atoms with Crippen molar-refractivity contribution < 1.29 is 4.79 Å². The minimum atomic E-state index is 0.494. The van der Waals surface area contributed by atoms with E-state index in [1.165, 1.54) is 38.6 Å². The molecule has 3 fully saturated rings. The summed E-state index contributed by atoms with van der Waals surface area (Å²) in [5.41, 5.74) is 2.96. The molecule has 2 atom stereocenters. The summed E-state index contributed by atoms with van der Waals surface area (Å²) >= 11 is 0. The van der Waals surface area contributed by atoms with Gasteiger partial charge in [-0.2, -0.15) is 0 Å². The molecule has 20 heavy (non-hydrogen) atoms. The predicted octanol–water partition coefficient (Wildman–Crippen LogP) is 0.390. The Balaban J connectivity index is 1.71. The van der Waals surface area contributed by atoms with E-state index in [-0.39, 0.29) is 0 Å². The minimum absolute atomic E-state index is 0.494. The summed E-state index contributed by atoms with van der Waals surface area (Å²) in [5.74, 6) is 0.707. The Morgan fingerprint density at radius 2 is 2.05 bits per heavy atom. The van der Waals surface area contributed by atoms with Gasteiger partial charge in [-0.1, -0.05) is 0 Å². The van der Waals surface area contributed by atoms with Crippen LogP contribution in [0.15, 0.2) is 0 Å². The molecule has 0 aliphatic carbocycles. The van der Waals surface area contributed by atoms with Crippen molar-refractivity contribution in [3.8, 4) is 0 Å². The van der Waals surface area contributed by atoms with Crippen molar-refractivity contribution in [3.05, 3.63) is 6.42 Å². The second kappa shape index (κ2) is 6.87. The fraction of sp³-hybridized carbons (Fsp3) is 0.867. The summed E-state index contributed by atoms with van der Waals surface area (Å²) in [6, 6.07) is 1.11. The first kappa shape index (κ1) is 14.3. The first-order valence-electron chi connectivity index (χ1n) is 8.13. The molecule has 1 radical (unpaired) electrons. The number of nitrogens with zero attached hydrogens (tertiary/aromatic N) is 2. The van der Waals surface area contributed by atoms with Crippen LogP contribution in [0, 0.1) is 12.3 Å². The highest BCUT2D eigenvalue weighted by Crippen LogP contribution is 2.32. The Bertz CT molecular complexity index is 313. The van der Waals surface area contributed by atoms with Gasteiger partial charge in [0.15, 0.2) is 0 Å². The molecule has 3 aliphatic rings. The third-order valence-corrected chi connectivity index (χ3v) is 5.19. The lowest BCUT2D eigenvalue weighted by Gasteiger charge is -2.41. The quantitative estimate of drug-likeness (QED) is 0.731. The van der Waals surface area contributed by atoms with E-state index in [9.17, 15) is 4.79 Å². The molecule has 0 aromatic heterocycles. The molecule has 2 unspecified atom stereocenters. The van der Waals surface area contributed by atoms with Crippen molar-refractivity contribution >= 4 is 6.41 Å². The molecule has 0 spiro atoms. The topological polar surface area (TPSA) is 47.6 Å². The number of piperidine rings is 2. The number of hydrogen-bond donors (Lipinski definition) is 2. The number of hydrogen-bond acceptors (Lipinski definition) is 4. The van der Waals surface area contributed by atoms with Crippen molar-refractivity contribution in [2.75, 3.05) is 32.7 Å². The number of rotatable bonds is 4. The maximum Gasteiger partial charge on any atom is 0.221 e. The van der Waals surface area contributed by atoms with Crippen LogP contribution in [0.5, 0.6) is 0 Å². The van der Waals surface area contributed by atoms with Gasteiger partial charge in [0.2, 0.25) is 6.41 Å². The van der Waals surface area contributed by atoms with E-state index >= 15 is 0 Å². The fourth-order valence-electron chi connectivity index (χ4n) is 4.26. The van der Waals surface area contributed by atoms with Crippen LogP contribution in [0.25, 0.3) is 0 Å². The normalized spacial score (nSPS) is 34.2. The summed E-state index contributed by atoms with van der Waals surface area (Å²) in [4.78, 5) is 13.5. The molecule has 3 saturated heterocycles. The molecule has 5 nitrogen and oxygen atoms in total. The van der Waals surface area contributed by atoms with Gasteiger partial charge in [0.05, 0.1) is 0 Å². The largest absolute Gasteiger partial charge is 0.317 e. The fourth-order valence-corrected chi connectivity index (χ4v) is 4.26. The van der Waals surface area contributed by atoms with Crippen LogP contribution >= 0.6 is 0 Å². The molecule has 5 heteroatoms. The van der Waals surface area contributed by atoms with Gasteiger partial charge in [-0.15, -0.1) is 0 Å². The van der Waals surface area contributed by atoms with Gasteiger partial charge in [0.1, 0.15) is 0 Å². The standard InChI is InChI=1S/C15H27N4O/c20-12-17-19-11-6-14(18-9-2-1-3-10-18)15(19)13-4-7-16-8-5-13/h2,12-16H,1,3-11H2,(H,17,20). The van der Waals surface area contributed by atoms with Crippen LogP contribution in [0.1, 0.15) is 32.1 Å². The summed E-state index contributed by atoms with van der Waals surface area (Å²) in [6.45, 7) is 5.58. The number of carbonyl (C=O) groups is 1. The van der Waals surface area contributed by atoms with Gasteiger partial charge in [-0.05, 0) is 64.1 Å². The van der Waals surface area contributed by atoms with Crippen LogP contribution in [0.2, 0.25) is 0 Å². The van der Waals surface area contributed by atoms with Gasteiger partial charge in [0, 0.05) is 25.2 Å². The maximum atomic E-state index is 10.9. The molecule has 3 aliphatic heterocycles. The van der Waals surface area contributed by atoms with Crippen LogP contribution in [0.3, 0.4) is 0 Å². The second-order valence-electron chi connectivity index (χ2n) is 6.30. The third kappa shape index (κ3) is 3.00. The Morgan fingerprint density at radius 3 is 2.75 bits per heavy atom. The molecular formula is C15H27N4O. The molecule has 0 bridgehead atoms. The monoisotopic (exact) mass is 279 g/mol. The lowest BCUT2D eigenvalue weighted by Crippen LogP contribution is -2.55. The molecule has 0 aromatic rings. The Morgan fingerprint density at radius 1 is 1.20 bits per heavy atom. The molecule has 3 rings (SSSR count). The van der Waals surface area contributed by atoms with E-state index in [2.05, 4.69) is 27.1 Å². The number of carbonyl (C=O) groups excluding carboxylic acids is 1. The number of amides is 1. The summed E-state index contributed by atoms with van der Waals surface area (Å²) in [6.07, 6.45) is 9.46. The predicted molar refractivity (Wildman–Crippen MR) is 78.8 cm³/mol. The zero-order valence-corrected chi connectivity index (χ0v) is 12.3. The average Bonchev–Trinajstić information content (AvgIpc) is 2.93. The first-order chi connectivity index (χ1) is 9.90. The van der Waals surface area contributed by atoms with Crippen LogP contribution in [-0.4, -0.2) is 61.1 Å². The summed E-state index contributed by atoms with van der Waals surface area (Å²) in [5, 5.41) is 5.66. The Hall–Kier alpha value is -0.650. The molecule has 113 valence electrons. The van der Waals surface area contributed by atoms with Crippen molar-refractivity contribution in [1.82, 2.24) is 20.7 Å². The maximum absolute atomic E-state index is 10.9. The highest BCUT2D eigenvalue weighted by molar-refractivity contribution is 5.45. The van der Waals surface area contributed by atoms with Crippen molar-refractivity contribution in [2.45, 2.75) is 44.2 Å². The van der Waals surface area contributed by atoms with E-state index < -0.39 is 0 Å². The van der Waals surface area contributed by atoms with Gasteiger partial charge in [-0.3, -0.25) is 15.1 Å². The van der Waals surface area contributed by atoms with Crippen molar-refractivity contribution in [3.63, 3.8) is 0 Å². The lowest BCUT2D eigenvalue weighted by atomic mass is 9.85. The number of hydrazine groups is 1. The molecule has 2 N–H and O–H groups in total. The van der Waals surface area contributed by atoms with E-state index in [1.54, 1.807) is 0 Å². The van der Waals surface area contributed by atoms with E-state index in [4.69, 9.17) is 0 Å². The average molecular weight is 279 g/mol. The summed E-state index contributed by atoms with van der Waals surface area (Å²) < 4.78 is 0. The molecular weight excluding hydrogens is 252 g/mol. The zero-order chi connectivity index (χ0) is 13.8. The van der Waals surface area contributed by atoms with Crippen LogP contribution in [-0.2, 0) is 4.79 Å². The van der Waals surface area contributed by atoms with Gasteiger partial charge in [0.25, 0.3) is 0 Å². The molecule has 1 amide bonds.